The summed E-state index contributed by atoms with van der Waals surface area (Å²) in [6, 6.07) is 5.36. The molecule has 0 aliphatic carbocycles. The maximum absolute atomic E-state index is 12.2. The number of hydrogen-bond donors (Lipinski definition) is 2. The van der Waals surface area contributed by atoms with Gasteiger partial charge >= 0.3 is 0 Å². The number of amides is 1. The molecule has 3 aromatic heterocycles. The fourth-order valence-electron chi connectivity index (χ4n) is 2.07. The van der Waals surface area contributed by atoms with Crippen LogP contribution in [0.2, 0.25) is 0 Å². The third kappa shape index (κ3) is 2.68. The molecule has 0 saturated carbocycles. The molecule has 22 heavy (non-hydrogen) atoms. The number of hydrogen-bond acceptors (Lipinski definition) is 7. The van der Waals surface area contributed by atoms with E-state index in [0.717, 1.165) is 16.4 Å². The van der Waals surface area contributed by atoms with Gasteiger partial charge in [0.25, 0.3) is 5.91 Å². The molecular formula is C14H13N3O3S2. The van der Waals surface area contributed by atoms with E-state index in [1.54, 1.807) is 13.0 Å². The summed E-state index contributed by atoms with van der Waals surface area (Å²) in [5.74, 6) is -0.300. The topological polar surface area (TPSA) is 88.2 Å². The number of nitrogens with one attached hydrogen (secondary N) is 1. The molecule has 0 aliphatic heterocycles. The summed E-state index contributed by atoms with van der Waals surface area (Å²) in [6.07, 6.45) is 2.97. The maximum Gasteiger partial charge on any atom is 0.265 e. The number of carbonyl (C=O) groups excluding carboxylic acids is 1. The monoisotopic (exact) mass is 335 g/mol. The highest BCUT2D eigenvalue weighted by atomic mass is 32.1. The molecule has 1 atom stereocenters. The Kier molecular flexibility index (Phi) is 4.06. The van der Waals surface area contributed by atoms with E-state index in [0.29, 0.717) is 16.1 Å². The van der Waals surface area contributed by atoms with Crippen LogP contribution in [-0.2, 0) is 5.60 Å². The number of carbonyl (C=O) groups is 1. The minimum Gasteiger partial charge on any atom is -0.472 e. The Bertz CT molecular complexity index is 716. The van der Waals surface area contributed by atoms with Crippen LogP contribution in [0.5, 0.6) is 0 Å². The van der Waals surface area contributed by atoms with Crippen LogP contribution >= 0.6 is 22.9 Å². The molecule has 6 nitrogen and oxygen atoms in total. The molecule has 0 bridgehead atoms. The molecule has 3 aromatic rings. The van der Waals surface area contributed by atoms with Crippen molar-refractivity contribution in [1.29, 1.82) is 0 Å². The van der Waals surface area contributed by atoms with Crippen LogP contribution in [0.25, 0.3) is 0 Å². The van der Waals surface area contributed by atoms with Gasteiger partial charge in [-0.1, -0.05) is 10.6 Å². The second kappa shape index (κ2) is 5.99. The molecule has 0 spiro atoms. The van der Waals surface area contributed by atoms with E-state index in [4.69, 9.17) is 4.42 Å². The second-order valence-electron chi connectivity index (χ2n) is 4.72. The van der Waals surface area contributed by atoms with Gasteiger partial charge in [-0.15, -0.1) is 16.4 Å². The molecule has 0 radical (unpaired) electrons. The Hall–Kier alpha value is -2.03. The normalized spacial score (nSPS) is 13.7. The number of thiophene rings is 1. The Morgan fingerprint density at radius 2 is 2.36 bits per heavy atom. The zero-order valence-corrected chi connectivity index (χ0v) is 13.3. The third-order valence-electron chi connectivity index (χ3n) is 3.29. The number of aryl methyl sites for hydroxylation is 1. The van der Waals surface area contributed by atoms with Gasteiger partial charge in [0.15, 0.2) is 0 Å². The summed E-state index contributed by atoms with van der Waals surface area (Å²) in [5.41, 5.74) is -0.164. The lowest BCUT2D eigenvalue weighted by Crippen LogP contribution is -2.40. The predicted octanol–water partition coefficient (Wildman–Crippen LogP) is 2.17. The third-order valence-corrected chi connectivity index (χ3v) is 5.14. The van der Waals surface area contributed by atoms with Gasteiger partial charge < -0.3 is 14.8 Å². The molecule has 0 saturated heterocycles. The number of nitrogens with zero attached hydrogens (tertiary/aromatic N) is 2. The Balaban J connectivity index is 1.83. The lowest BCUT2D eigenvalue weighted by atomic mass is 9.94. The lowest BCUT2D eigenvalue weighted by Gasteiger charge is -2.26. The van der Waals surface area contributed by atoms with E-state index in [-0.39, 0.29) is 12.5 Å². The van der Waals surface area contributed by atoms with Crippen molar-refractivity contribution < 1.29 is 14.3 Å². The Morgan fingerprint density at radius 3 is 2.95 bits per heavy atom. The quantitative estimate of drug-likeness (QED) is 0.746. The average molecular weight is 335 g/mol. The standard InChI is InChI=1S/C14H13N3O3S2/c1-9-12(22-17-16-9)13(18)15-8-14(19,10-4-5-20-7-10)11-3-2-6-21-11/h2-7,19H,8H2,1H3,(H,15,18)/t14-/m0/s1. The summed E-state index contributed by atoms with van der Waals surface area (Å²) >= 11 is 2.45. The van der Waals surface area contributed by atoms with Crippen molar-refractivity contribution in [3.8, 4) is 0 Å². The highest BCUT2D eigenvalue weighted by Gasteiger charge is 2.34. The van der Waals surface area contributed by atoms with Gasteiger partial charge in [-0.25, -0.2) is 0 Å². The summed E-state index contributed by atoms with van der Waals surface area (Å²) in [5, 5.41) is 19.5. The van der Waals surface area contributed by atoms with Crippen molar-refractivity contribution in [1.82, 2.24) is 14.9 Å². The molecular weight excluding hydrogens is 322 g/mol. The first kappa shape index (κ1) is 14.9. The minimum atomic E-state index is -1.33. The molecule has 1 amide bonds. The van der Waals surface area contributed by atoms with Crippen LogP contribution in [0.1, 0.15) is 25.8 Å². The molecule has 8 heteroatoms. The Morgan fingerprint density at radius 1 is 1.50 bits per heavy atom. The predicted molar refractivity (Wildman–Crippen MR) is 83.0 cm³/mol. The van der Waals surface area contributed by atoms with E-state index in [2.05, 4.69) is 14.9 Å². The molecule has 0 aromatic carbocycles. The van der Waals surface area contributed by atoms with E-state index in [1.165, 1.54) is 23.9 Å². The van der Waals surface area contributed by atoms with E-state index < -0.39 is 5.60 Å². The molecule has 3 heterocycles. The number of rotatable bonds is 5. The van der Waals surface area contributed by atoms with E-state index >= 15 is 0 Å². The number of aliphatic hydroxyl groups is 1. The van der Waals surface area contributed by atoms with E-state index in [1.807, 2.05) is 17.5 Å². The smallest absolute Gasteiger partial charge is 0.265 e. The van der Waals surface area contributed by atoms with Gasteiger partial charge in [0.1, 0.15) is 10.5 Å². The first-order valence-electron chi connectivity index (χ1n) is 6.47. The first-order valence-corrected chi connectivity index (χ1v) is 8.13. The van der Waals surface area contributed by atoms with Crippen LogP contribution in [0.4, 0.5) is 0 Å². The van der Waals surface area contributed by atoms with Gasteiger partial charge in [0.2, 0.25) is 0 Å². The molecule has 2 N–H and O–H groups in total. The van der Waals surface area contributed by atoms with Crippen LogP contribution in [0, 0.1) is 6.92 Å². The summed E-state index contributed by atoms with van der Waals surface area (Å²) in [7, 11) is 0. The van der Waals surface area contributed by atoms with Crippen molar-refractivity contribution in [3.05, 3.63) is 57.1 Å². The van der Waals surface area contributed by atoms with Crippen LogP contribution < -0.4 is 5.32 Å². The van der Waals surface area contributed by atoms with Crippen molar-refractivity contribution in [2.45, 2.75) is 12.5 Å². The molecule has 0 unspecified atom stereocenters. The SMILES string of the molecule is Cc1nnsc1C(=O)NC[C@](O)(c1ccoc1)c1cccs1. The van der Waals surface area contributed by atoms with Gasteiger partial charge in [-0.2, -0.15) is 0 Å². The second-order valence-corrected chi connectivity index (χ2v) is 6.42. The molecule has 114 valence electrons. The minimum absolute atomic E-state index is 0.0310. The summed E-state index contributed by atoms with van der Waals surface area (Å²) < 4.78 is 8.81. The van der Waals surface area contributed by atoms with Gasteiger partial charge in [0, 0.05) is 10.4 Å². The zero-order valence-electron chi connectivity index (χ0n) is 11.6. The molecule has 3 rings (SSSR count). The average Bonchev–Trinajstić information content (AvgIpc) is 3.24. The maximum atomic E-state index is 12.2. The van der Waals surface area contributed by atoms with Crippen molar-refractivity contribution >= 4 is 28.8 Å². The van der Waals surface area contributed by atoms with Crippen LogP contribution in [-0.4, -0.2) is 27.1 Å². The van der Waals surface area contributed by atoms with Crippen LogP contribution in [0.15, 0.2) is 40.5 Å². The first-order chi connectivity index (χ1) is 10.6. The van der Waals surface area contributed by atoms with Crippen LogP contribution in [0.3, 0.4) is 0 Å². The highest BCUT2D eigenvalue weighted by molar-refractivity contribution is 7.10. The van der Waals surface area contributed by atoms with Crippen molar-refractivity contribution in [2.24, 2.45) is 0 Å². The van der Waals surface area contributed by atoms with Gasteiger partial charge in [-0.05, 0) is 36.0 Å². The fraction of sp³-hybridized carbons (Fsp3) is 0.214. The highest BCUT2D eigenvalue weighted by Crippen LogP contribution is 2.32. The molecule has 0 fully saturated rings. The largest absolute Gasteiger partial charge is 0.472 e. The fourth-order valence-corrected chi connectivity index (χ4v) is 3.49. The summed E-state index contributed by atoms with van der Waals surface area (Å²) in [4.78, 5) is 13.4. The van der Waals surface area contributed by atoms with E-state index in [9.17, 15) is 9.90 Å². The lowest BCUT2D eigenvalue weighted by molar-refractivity contribution is 0.0716. The summed E-state index contributed by atoms with van der Waals surface area (Å²) in [6.45, 7) is 1.75. The van der Waals surface area contributed by atoms with Gasteiger partial charge in [-0.3, -0.25) is 4.79 Å². The number of aromatic nitrogens is 2. The van der Waals surface area contributed by atoms with Crippen molar-refractivity contribution in [3.63, 3.8) is 0 Å². The van der Waals surface area contributed by atoms with Crippen molar-refractivity contribution in [2.75, 3.05) is 6.54 Å². The Labute approximate surface area is 134 Å². The van der Waals surface area contributed by atoms with Gasteiger partial charge in [0.05, 0.1) is 24.8 Å². The number of furan rings is 1. The zero-order chi connectivity index (χ0) is 15.6. The molecule has 0 aliphatic rings.